The molecule has 1 saturated heterocycles. The molecule has 0 aliphatic carbocycles. The van der Waals surface area contributed by atoms with Crippen molar-refractivity contribution < 1.29 is 9.53 Å². The third kappa shape index (κ3) is 4.24. The molecule has 1 aromatic carbocycles. The van der Waals surface area contributed by atoms with Crippen LogP contribution in [-0.2, 0) is 4.74 Å². The van der Waals surface area contributed by atoms with Gasteiger partial charge in [0.1, 0.15) is 0 Å². The second-order valence-corrected chi connectivity index (χ2v) is 4.83. The molecule has 0 unspecified atom stereocenters. The first-order chi connectivity index (χ1) is 9.29. The summed E-state index contributed by atoms with van der Waals surface area (Å²) >= 11 is 0. The van der Waals surface area contributed by atoms with E-state index in [0.29, 0.717) is 18.2 Å². The van der Waals surface area contributed by atoms with Crippen molar-refractivity contribution in [2.24, 2.45) is 0 Å². The lowest BCUT2D eigenvalue weighted by Crippen LogP contribution is -2.39. The summed E-state index contributed by atoms with van der Waals surface area (Å²) in [7, 11) is 0. The van der Waals surface area contributed by atoms with Crippen LogP contribution in [0.2, 0.25) is 0 Å². The minimum Gasteiger partial charge on any atom is -0.462 e. The molecule has 1 aromatic rings. The molecule has 4 heteroatoms. The number of ether oxygens (including phenoxy) is 1. The Morgan fingerprint density at radius 2 is 2.16 bits per heavy atom. The lowest BCUT2D eigenvalue weighted by atomic mass is 10.1. The molecule has 0 bridgehead atoms. The van der Waals surface area contributed by atoms with E-state index in [-0.39, 0.29) is 5.97 Å². The summed E-state index contributed by atoms with van der Waals surface area (Å²) in [5.41, 5.74) is 1.64. The fourth-order valence-electron chi connectivity index (χ4n) is 2.28. The van der Waals surface area contributed by atoms with E-state index >= 15 is 0 Å². The molecular weight excluding hydrogens is 240 g/mol. The Balaban J connectivity index is 1.82. The second-order valence-electron chi connectivity index (χ2n) is 4.83. The Kier molecular flexibility index (Phi) is 5.21. The van der Waals surface area contributed by atoms with E-state index in [9.17, 15) is 4.79 Å². The molecule has 0 aromatic heterocycles. The Morgan fingerprint density at radius 3 is 2.79 bits per heavy atom. The molecule has 1 aliphatic rings. The molecule has 104 valence electrons. The van der Waals surface area contributed by atoms with Gasteiger partial charge in [-0.2, -0.15) is 0 Å². The van der Waals surface area contributed by atoms with Gasteiger partial charge in [-0.1, -0.05) is 6.42 Å². The molecule has 0 saturated carbocycles. The maximum absolute atomic E-state index is 11.5. The van der Waals surface area contributed by atoms with Crippen LogP contribution in [0.1, 0.15) is 36.5 Å². The van der Waals surface area contributed by atoms with Crippen LogP contribution in [-0.4, -0.2) is 31.7 Å². The van der Waals surface area contributed by atoms with Gasteiger partial charge in [0, 0.05) is 18.3 Å². The highest BCUT2D eigenvalue weighted by molar-refractivity contribution is 5.89. The van der Waals surface area contributed by atoms with Gasteiger partial charge >= 0.3 is 5.97 Å². The molecule has 0 spiro atoms. The highest BCUT2D eigenvalue weighted by Crippen LogP contribution is 2.12. The number of rotatable bonds is 5. The maximum Gasteiger partial charge on any atom is 0.338 e. The van der Waals surface area contributed by atoms with E-state index in [2.05, 4.69) is 10.6 Å². The number of carbonyl (C=O) groups is 1. The Labute approximate surface area is 114 Å². The van der Waals surface area contributed by atoms with Gasteiger partial charge in [-0.15, -0.1) is 0 Å². The van der Waals surface area contributed by atoms with Gasteiger partial charge in [-0.25, -0.2) is 4.79 Å². The van der Waals surface area contributed by atoms with E-state index in [1.165, 1.54) is 19.3 Å². The second kappa shape index (κ2) is 7.14. The van der Waals surface area contributed by atoms with Crippen molar-refractivity contribution in [2.75, 3.05) is 25.0 Å². The number of esters is 1. The first-order valence-electron chi connectivity index (χ1n) is 7.04. The summed E-state index contributed by atoms with van der Waals surface area (Å²) in [5.74, 6) is -0.261. The fraction of sp³-hybridized carbons (Fsp3) is 0.533. The van der Waals surface area contributed by atoms with Crippen LogP contribution >= 0.6 is 0 Å². The van der Waals surface area contributed by atoms with Gasteiger partial charge in [0.2, 0.25) is 0 Å². The molecule has 4 nitrogen and oxygen atoms in total. The molecule has 0 amide bonds. The van der Waals surface area contributed by atoms with Crippen LogP contribution < -0.4 is 10.6 Å². The number of hydrogen-bond acceptors (Lipinski definition) is 4. The zero-order valence-electron chi connectivity index (χ0n) is 11.4. The first kappa shape index (κ1) is 13.9. The molecule has 1 atom stereocenters. The first-order valence-corrected chi connectivity index (χ1v) is 7.04. The predicted molar refractivity (Wildman–Crippen MR) is 76.5 cm³/mol. The highest BCUT2D eigenvalue weighted by atomic mass is 16.5. The number of hydrogen-bond donors (Lipinski definition) is 2. The van der Waals surface area contributed by atoms with E-state index in [0.717, 1.165) is 18.8 Å². The van der Waals surface area contributed by atoms with Crippen molar-refractivity contribution in [3.05, 3.63) is 29.8 Å². The third-order valence-corrected chi connectivity index (χ3v) is 3.36. The van der Waals surface area contributed by atoms with Crippen LogP contribution in [0.5, 0.6) is 0 Å². The lowest BCUT2D eigenvalue weighted by molar-refractivity contribution is 0.0526. The summed E-state index contributed by atoms with van der Waals surface area (Å²) in [5, 5.41) is 6.90. The fourth-order valence-corrected chi connectivity index (χ4v) is 2.28. The van der Waals surface area contributed by atoms with E-state index in [4.69, 9.17) is 4.74 Å². The van der Waals surface area contributed by atoms with Gasteiger partial charge in [0.25, 0.3) is 0 Å². The minimum absolute atomic E-state index is 0.261. The van der Waals surface area contributed by atoms with Crippen molar-refractivity contribution in [3.63, 3.8) is 0 Å². The summed E-state index contributed by atoms with van der Waals surface area (Å²) in [6.07, 6.45) is 3.82. The SMILES string of the molecule is CCOC(=O)c1ccc(NC[C@@H]2CCCCN2)cc1. The molecular formula is C15H22N2O2. The normalized spacial score (nSPS) is 18.9. The summed E-state index contributed by atoms with van der Waals surface area (Å²) < 4.78 is 4.95. The molecule has 1 heterocycles. The topological polar surface area (TPSA) is 50.4 Å². The predicted octanol–water partition coefficient (Wildman–Crippen LogP) is 2.42. The van der Waals surface area contributed by atoms with Gasteiger partial charge < -0.3 is 15.4 Å². The van der Waals surface area contributed by atoms with Gasteiger partial charge in [0.05, 0.1) is 12.2 Å². The van der Waals surface area contributed by atoms with Crippen molar-refractivity contribution in [1.82, 2.24) is 5.32 Å². The maximum atomic E-state index is 11.5. The molecule has 19 heavy (non-hydrogen) atoms. The average Bonchev–Trinajstić information content (AvgIpc) is 2.47. The van der Waals surface area contributed by atoms with Crippen molar-refractivity contribution in [3.8, 4) is 0 Å². The highest BCUT2D eigenvalue weighted by Gasteiger charge is 2.12. The number of piperidine rings is 1. The Hall–Kier alpha value is -1.55. The van der Waals surface area contributed by atoms with Crippen molar-refractivity contribution >= 4 is 11.7 Å². The van der Waals surface area contributed by atoms with Crippen molar-refractivity contribution in [2.45, 2.75) is 32.2 Å². The number of nitrogens with one attached hydrogen (secondary N) is 2. The van der Waals surface area contributed by atoms with Gasteiger partial charge in [-0.05, 0) is 50.6 Å². The van der Waals surface area contributed by atoms with Crippen LogP contribution in [0.15, 0.2) is 24.3 Å². The standard InChI is InChI=1S/C15H22N2O2/c1-2-19-15(18)12-6-8-13(9-7-12)17-11-14-5-3-4-10-16-14/h6-9,14,16-17H,2-5,10-11H2,1H3/t14-/m0/s1. The number of benzene rings is 1. The van der Waals surface area contributed by atoms with Crippen LogP contribution in [0, 0.1) is 0 Å². The lowest BCUT2D eigenvalue weighted by Gasteiger charge is -2.24. The number of anilines is 1. The van der Waals surface area contributed by atoms with Crippen LogP contribution in [0.4, 0.5) is 5.69 Å². The molecule has 2 rings (SSSR count). The molecule has 2 N–H and O–H groups in total. The van der Waals surface area contributed by atoms with Crippen LogP contribution in [0.25, 0.3) is 0 Å². The van der Waals surface area contributed by atoms with Gasteiger partial charge in [0.15, 0.2) is 0 Å². The number of carbonyl (C=O) groups excluding carboxylic acids is 1. The summed E-state index contributed by atoms with van der Waals surface area (Å²) in [6.45, 7) is 4.27. The van der Waals surface area contributed by atoms with E-state index < -0.39 is 0 Å². The monoisotopic (exact) mass is 262 g/mol. The average molecular weight is 262 g/mol. The zero-order chi connectivity index (χ0) is 13.5. The summed E-state index contributed by atoms with van der Waals surface area (Å²) in [4.78, 5) is 11.5. The largest absolute Gasteiger partial charge is 0.462 e. The van der Waals surface area contributed by atoms with Crippen LogP contribution in [0.3, 0.4) is 0 Å². The zero-order valence-corrected chi connectivity index (χ0v) is 11.4. The minimum atomic E-state index is -0.261. The van der Waals surface area contributed by atoms with Gasteiger partial charge in [-0.3, -0.25) is 0 Å². The third-order valence-electron chi connectivity index (χ3n) is 3.36. The van der Waals surface area contributed by atoms with E-state index in [1.807, 2.05) is 19.1 Å². The quantitative estimate of drug-likeness (QED) is 0.800. The molecule has 1 fully saturated rings. The summed E-state index contributed by atoms with van der Waals surface area (Å²) in [6, 6.07) is 8.01. The Bertz CT molecular complexity index is 397. The molecule has 1 aliphatic heterocycles. The molecule has 0 radical (unpaired) electrons. The van der Waals surface area contributed by atoms with E-state index in [1.54, 1.807) is 12.1 Å². The van der Waals surface area contributed by atoms with Crippen molar-refractivity contribution in [1.29, 1.82) is 0 Å². The smallest absolute Gasteiger partial charge is 0.338 e. The Morgan fingerprint density at radius 1 is 1.37 bits per heavy atom.